The van der Waals surface area contributed by atoms with Crippen LogP contribution in [-0.2, 0) is 6.54 Å². The van der Waals surface area contributed by atoms with Crippen LogP contribution in [0.25, 0.3) is 0 Å². The van der Waals surface area contributed by atoms with E-state index in [4.69, 9.17) is 4.74 Å². The standard InChI is InChI=1S/C7H12N2O/c1-3-9-6-5-7(8-9)10-4-2/h5-6H,3-4H2,1-2H3. The van der Waals surface area contributed by atoms with Crippen LogP contribution >= 0.6 is 0 Å². The molecule has 3 heteroatoms. The van der Waals surface area contributed by atoms with Crippen LogP contribution in [-0.4, -0.2) is 16.4 Å². The van der Waals surface area contributed by atoms with Crippen molar-refractivity contribution in [1.82, 2.24) is 9.78 Å². The van der Waals surface area contributed by atoms with Crippen molar-refractivity contribution in [3.8, 4) is 5.88 Å². The topological polar surface area (TPSA) is 27.1 Å². The Morgan fingerprint density at radius 2 is 2.40 bits per heavy atom. The summed E-state index contributed by atoms with van der Waals surface area (Å²) in [5.74, 6) is 0.712. The summed E-state index contributed by atoms with van der Waals surface area (Å²) >= 11 is 0. The van der Waals surface area contributed by atoms with E-state index in [2.05, 4.69) is 5.10 Å². The van der Waals surface area contributed by atoms with Crippen molar-refractivity contribution in [2.45, 2.75) is 20.4 Å². The molecule has 1 aromatic rings. The van der Waals surface area contributed by atoms with Crippen LogP contribution in [0, 0.1) is 0 Å². The van der Waals surface area contributed by atoms with E-state index in [1.807, 2.05) is 30.8 Å². The van der Waals surface area contributed by atoms with E-state index in [-0.39, 0.29) is 0 Å². The van der Waals surface area contributed by atoms with Crippen LogP contribution in [0.15, 0.2) is 12.3 Å². The first-order chi connectivity index (χ1) is 4.86. The molecule has 56 valence electrons. The lowest BCUT2D eigenvalue weighted by molar-refractivity contribution is 0.322. The summed E-state index contributed by atoms with van der Waals surface area (Å²) in [5.41, 5.74) is 0. The van der Waals surface area contributed by atoms with E-state index in [1.165, 1.54) is 0 Å². The average Bonchev–Trinajstić information content (AvgIpc) is 2.37. The van der Waals surface area contributed by atoms with Crippen LogP contribution < -0.4 is 4.74 Å². The molecule has 0 spiro atoms. The molecule has 0 aromatic carbocycles. The Labute approximate surface area is 60.6 Å². The third-order valence-corrected chi connectivity index (χ3v) is 1.23. The van der Waals surface area contributed by atoms with Crippen molar-refractivity contribution < 1.29 is 4.74 Å². The van der Waals surface area contributed by atoms with E-state index in [0.717, 1.165) is 6.54 Å². The lowest BCUT2D eigenvalue weighted by atomic mass is 10.7. The molecular weight excluding hydrogens is 128 g/mol. The van der Waals surface area contributed by atoms with Gasteiger partial charge < -0.3 is 4.74 Å². The summed E-state index contributed by atoms with van der Waals surface area (Å²) in [6, 6.07) is 1.87. The Bertz CT molecular complexity index is 195. The van der Waals surface area contributed by atoms with Gasteiger partial charge in [-0.25, -0.2) is 0 Å². The molecule has 10 heavy (non-hydrogen) atoms. The van der Waals surface area contributed by atoms with Crippen molar-refractivity contribution in [2.75, 3.05) is 6.61 Å². The molecule has 0 radical (unpaired) electrons. The van der Waals surface area contributed by atoms with Gasteiger partial charge in [0.05, 0.1) is 6.61 Å². The lowest BCUT2D eigenvalue weighted by Crippen LogP contribution is -1.96. The molecule has 3 nitrogen and oxygen atoms in total. The zero-order valence-electron chi connectivity index (χ0n) is 6.37. The molecule has 0 unspecified atom stereocenters. The highest BCUT2D eigenvalue weighted by molar-refractivity contribution is 5.05. The maximum atomic E-state index is 5.16. The highest BCUT2D eigenvalue weighted by Crippen LogP contribution is 2.04. The molecule has 0 aliphatic carbocycles. The molecule has 0 saturated carbocycles. The lowest BCUT2D eigenvalue weighted by Gasteiger charge is -1.95. The van der Waals surface area contributed by atoms with Crippen LogP contribution in [0.1, 0.15) is 13.8 Å². The zero-order valence-corrected chi connectivity index (χ0v) is 6.37. The molecule has 0 fully saturated rings. The zero-order chi connectivity index (χ0) is 7.40. The molecular formula is C7H12N2O. The summed E-state index contributed by atoms with van der Waals surface area (Å²) in [4.78, 5) is 0. The highest BCUT2D eigenvalue weighted by Gasteiger charge is 1.94. The minimum absolute atomic E-state index is 0.681. The summed E-state index contributed by atoms with van der Waals surface area (Å²) in [6.07, 6.45) is 1.91. The van der Waals surface area contributed by atoms with Crippen LogP contribution in [0.4, 0.5) is 0 Å². The second kappa shape index (κ2) is 3.25. The van der Waals surface area contributed by atoms with Crippen molar-refractivity contribution in [3.05, 3.63) is 12.3 Å². The van der Waals surface area contributed by atoms with Crippen molar-refractivity contribution >= 4 is 0 Å². The largest absolute Gasteiger partial charge is 0.477 e. The molecule has 0 amide bonds. The van der Waals surface area contributed by atoms with Crippen LogP contribution in [0.3, 0.4) is 0 Å². The average molecular weight is 140 g/mol. The Hall–Kier alpha value is -0.990. The van der Waals surface area contributed by atoms with Gasteiger partial charge in [-0.1, -0.05) is 0 Å². The number of hydrogen-bond donors (Lipinski definition) is 0. The maximum Gasteiger partial charge on any atom is 0.232 e. The molecule has 0 atom stereocenters. The van der Waals surface area contributed by atoms with Gasteiger partial charge in [-0.05, 0) is 13.8 Å². The first kappa shape index (κ1) is 7.12. The fourth-order valence-electron chi connectivity index (χ4n) is 0.744. The molecule has 0 bridgehead atoms. The maximum absolute atomic E-state index is 5.16. The predicted molar refractivity (Wildman–Crippen MR) is 39.1 cm³/mol. The Balaban J connectivity index is 2.59. The molecule has 0 N–H and O–H groups in total. The Morgan fingerprint density at radius 3 is 2.90 bits per heavy atom. The molecule has 1 heterocycles. The number of hydrogen-bond acceptors (Lipinski definition) is 2. The first-order valence-electron chi connectivity index (χ1n) is 3.53. The van der Waals surface area contributed by atoms with E-state index in [0.29, 0.717) is 12.5 Å². The first-order valence-corrected chi connectivity index (χ1v) is 3.53. The molecule has 1 aromatic heterocycles. The predicted octanol–water partition coefficient (Wildman–Crippen LogP) is 1.30. The van der Waals surface area contributed by atoms with E-state index in [9.17, 15) is 0 Å². The number of ether oxygens (including phenoxy) is 1. The quantitative estimate of drug-likeness (QED) is 0.632. The third-order valence-electron chi connectivity index (χ3n) is 1.23. The summed E-state index contributed by atoms with van der Waals surface area (Å²) in [6.45, 7) is 5.57. The minimum atomic E-state index is 0.681. The van der Waals surface area contributed by atoms with Crippen LogP contribution in [0.5, 0.6) is 5.88 Å². The second-order valence-electron chi connectivity index (χ2n) is 1.94. The normalized spacial score (nSPS) is 9.80. The minimum Gasteiger partial charge on any atom is -0.477 e. The SMILES string of the molecule is CCOc1ccn(CC)n1. The summed E-state index contributed by atoms with van der Waals surface area (Å²) < 4.78 is 6.99. The Kier molecular flexibility index (Phi) is 2.31. The van der Waals surface area contributed by atoms with Gasteiger partial charge in [0.25, 0.3) is 0 Å². The van der Waals surface area contributed by atoms with Crippen molar-refractivity contribution in [3.63, 3.8) is 0 Å². The number of aryl methyl sites for hydroxylation is 1. The van der Waals surface area contributed by atoms with Gasteiger partial charge in [0, 0.05) is 18.8 Å². The van der Waals surface area contributed by atoms with Gasteiger partial charge in [-0.3, -0.25) is 4.68 Å². The molecule has 0 aliphatic heterocycles. The van der Waals surface area contributed by atoms with Gasteiger partial charge in [-0.2, -0.15) is 0 Å². The highest BCUT2D eigenvalue weighted by atomic mass is 16.5. The molecule has 0 saturated heterocycles. The number of aromatic nitrogens is 2. The van der Waals surface area contributed by atoms with Gasteiger partial charge >= 0.3 is 0 Å². The van der Waals surface area contributed by atoms with Crippen LogP contribution in [0.2, 0.25) is 0 Å². The molecule has 0 aliphatic rings. The Morgan fingerprint density at radius 1 is 1.60 bits per heavy atom. The van der Waals surface area contributed by atoms with Gasteiger partial charge in [-0.15, -0.1) is 5.10 Å². The van der Waals surface area contributed by atoms with Crippen molar-refractivity contribution in [2.24, 2.45) is 0 Å². The fourth-order valence-corrected chi connectivity index (χ4v) is 0.744. The summed E-state index contributed by atoms with van der Waals surface area (Å²) in [7, 11) is 0. The smallest absolute Gasteiger partial charge is 0.232 e. The molecule has 1 rings (SSSR count). The monoisotopic (exact) mass is 140 g/mol. The third kappa shape index (κ3) is 1.50. The van der Waals surface area contributed by atoms with Gasteiger partial charge in [0.15, 0.2) is 0 Å². The van der Waals surface area contributed by atoms with Gasteiger partial charge in [0.1, 0.15) is 0 Å². The number of nitrogens with zero attached hydrogens (tertiary/aromatic N) is 2. The van der Waals surface area contributed by atoms with Gasteiger partial charge in [0.2, 0.25) is 5.88 Å². The van der Waals surface area contributed by atoms with E-state index < -0.39 is 0 Å². The number of rotatable bonds is 3. The second-order valence-corrected chi connectivity index (χ2v) is 1.94. The van der Waals surface area contributed by atoms with Crippen molar-refractivity contribution in [1.29, 1.82) is 0 Å². The van der Waals surface area contributed by atoms with E-state index >= 15 is 0 Å². The van der Waals surface area contributed by atoms with E-state index in [1.54, 1.807) is 0 Å². The summed E-state index contributed by atoms with van der Waals surface area (Å²) in [5, 5.41) is 4.11. The fraction of sp³-hybridized carbons (Fsp3) is 0.571.